The van der Waals surface area contributed by atoms with Gasteiger partial charge in [0.1, 0.15) is 0 Å². The maximum absolute atomic E-state index is 12.9. The molecule has 0 unspecified atom stereocenters. The lowest BCUT2D eigenvalue weighted by Gasteiger charge is -2.16. The van der Waals surface area contributed by atoms with E-state index >= 15 is 0 Å². The monoisotopic (exact) mass is 336 g/mol. The zero-order valence-electron chi connectivity index (χ0n) is 9.85. The van der Waals surface area contributed by atoms with Gasteiger partial charge in [-0.05, 0) is 37.6 Å². The minimum Gasteiger partial charge on any atom is -0.324 e. The zero-order valence-corrected chi connectivity index (χ0v) is 11.4. The average Bonchev–Trinajstić information content (AvgIpc) is 2.83. The molecule has 0 spiro atoms. The highest BCUT2D eigenvalue weighted by Gasteiger charge is 2.34. The van der Waals surface area contributed by atoms with Gasteiger partial charge >= 0.3 is 6.18 Å². The van der Waals surface area contributed by atoms with E-state index in [0.717, 1.165) is 12.5 Å². The minimum atomic E-state index is -4.50. The highest BCUT2D eigenvalue weighted by Crippen LogP contribution is 2.36. The molecule has 1 aromatic carbocycles. The maximum atomic E-state index is 12.9. The van der Waals surface area contributed by atoms with Crippen molar-refractivity contribution in [3.05, 3.63) is 28.2 Å². The summed E-state index contributed by atoms with van der Waals surface area (Å²) in [5, 5.41) is 5.29. The van der Waals surface area contributed by atoms with Crippen LogP contribution in [0.1, 0.15) is 18.4 Å². The average molecular weight is 337 g/mol. The smallest absolute Gasteiger partial charge is 0.324 e. The standard InChI is InChI=1S/C12H12BrF3N2O/c13-7-3-4-9(8(6-7)12(14,15)16)18-11(19)10-2-1-5-17-10/h3-4,6,10,17H,1-2,5H2,(H,18,19)/t10-/m0/s1. The van der Waals surface area contributed by atoms with Crippen LogP contribution in [0.5, 0.6) is 0 Å². The first kappa shape index (κ1) is 14.3. The molecule has 2 rings (SSSR count). The molecule has 3 nitrogen and oxygen atoms in total. The molecule has 2 N–H and O–H groups in total. The molecule has 0 radical (unpaired) electrons. The van der Waals surface area contributed by atoms with Crippen LogP contribution in [0.15, 0.2) is 22.7 Å². The van der Waals surface area contributed by atoms with Crippen LogP contribution in [0.2, 0.25) is 0 Å². The van der Waals surface area contributed by atoms with E-state index in [4.69, 9.17) is 0 Å². The van der Waals surface area contributed by atoms with E-state index in [2.05, 4.69) is 26.6 Å². The molecule has 1 aliphatic rings. The van der Waals surface area contributed by atoms with E-state index in [1.165, 1.54) is 12.1 Å². The van der Waals surface area contributed by atoms with Crippen molar-refractivity contribution < 1.29 is 18.0 Å². The van der Waals surface area contributed by atoms with Gasteiger partial charge < -0.3 is 10.6 Å². The Morgan fingerprint density at radius 2 is 2.16 bits per heavy atom. The van der Waals surface area contributed by atoms with Crippen LogP contribution in [0.4, 0.5) is 18.9 Å². The minimum absolute atomic E-state index is 0.214. The largest absolute Gasteiger partial charge is 0.418 e. The molecular weight excluding hydrogens is 325 g/mol. The van der Waals surface area contributed by atoms with Gasteiger partial charge in [-0.3, -0.25) is 4.79 Å². The number of benzene rings is 1. The van der Waals surface area contributed by atoms with Gasteiger partial charge in [0.05, 0.1) is 17.3 Å². The van der Waals surface area contributed by atoms with E-state index in [-0.39, 0.29) is 5.69 Å². The summed E-state index contributed by atoms with van der Waals surface area (Å²) in [6, 6.07) is 3.26. The number of amides is 1. The first-order valence-electron chi connectivity index (χ1n) is 5.79. The fourth-order valence-electron chi connectivity index (χ4n) is 1.99. The molecule has 0 bridgehead atoms. The number of alkyl halides is 3. The number of rotatable bonds is 2. The van der Waals surface area contributed by atoms with Crippen LogP contribution in [-0.2, 0) is 11.0 Å². The van der Waals surface area contributed by atoms with Gasteiger partial charge in [-0.15, -0.1) is 0 Å². The third kappa shape index (κ3) is 3.48. The maximum Gasteiger partial charge on any atom is 0.418 e. The molecule has 7 heteroatoms. The van der Waals surface area contributed by atoms with Crippen LogP contribution in [0.3, 0.4) is 0 Å². The third-order valence-electron chi connectivity index (χ3n) is 2.92. The number of carbonyl (C=O) groups excluding carboxylic acids is 1. The second-order valence-corrected chi connectivity index (χ2v) is 5.24. The molecule has 19 heavy (non-hydrogen) atoms. The number of anilines is 1. The summed E-state index contributed by atoms with van der Waals surface area (Å²) in [6.07, 6.45) is -3.01. The van der Waals surface area contributed by atoms with Crippen LogP contribution in [0, 0.1) is 0 Å². The molecular formula is C12H12BrF3N2O. The van der Waals surface area contributed by atoms with Crippen LogP contribution in [0.25, 0.3) is 0 Å². The number of carbonyl (C=O) groups is 1. The highest BCUT2D eigenvalue weighted by molar-refractivity contribution is 9.10. The Morgan fingerprint density at radius 1 is 1.42 bits per heavy atom. The molecule has 1 fully saturated rings. The van der Waals surface area contributed by atoms with Gasteiger partial charge in [-0.2, -0.15) is 13.2 Å². The quantitative estimate of drug-likeness (QED) is 0.871. The van der Waals surface area contributed by atoms with E-state index in [1.807, 2.05) is 0 Å². The summed E-state index contributed by atoms with van der Waals surface area (Å²) in [4.78, 5) is 11.8. The van der Waals surface area contributed by atoms with Crippen LogP contribution >= 0.6 is 15.9 Å². The molecule has 1 heterocycles. The fraction of sp³-hybridized carbons (Fsp3) is 0.417. The molecule has 1 aromatic rings. The molecule has 1 atom stereocenters. The lowest BCUT2D eigenvalue weighted by atomic mass is 10.1. The normalized spacial score (nSPS) is 19.5. The summed E-state index contributed by atoms with van der Waals surface area (Å²) < 4.78 is 38.9. The first-order chi connectivity index (χ1) is 8.88. The molecule has 0 saturated carbocycles. The SMILES string of the molecule is O=C(Nc1ccc(Br)cc1C(F)(F)F)[C@@H]1CCCN1. The van der Waals surface area contributed by atoms with Crippen molar-refractivity contribution in [2.45, 2.75) is 25.1 Å². The zero-order chi connectivity index (χ0) is 14.0. The number of halogens is 4. The number of hydrogen-bond donors (Lipinski definition) is 2. The van der Waals surface area contributed by atoms with E-state index in [9.17, 15) is 18.0 Å². The molecule has 1 amide bonds. The topological polar surface area (TPSA) is 41.1 Å². The molecule has 1 aliphatic heterocycles. The Morgan fingerprint density at radius 3 is 2.74 bits per heavy atom. The predicted molar refractivity (Wildman–Crippen MR) is 68.8 cm³/mol. The first-order valence-corrected chi connectivity index (χ1v) is 6.58. The Bertz CT molecular complexity index is 484. The van der Waals surface area contributed by atoms with Crippen molar-refractivity contribution in [2.24, 2.45) is 0 Å². The van der Waals surface area contributed by atoms with Gasteiger partial charge in [-0.25, -0.2) is 0 Å². The molecule has 0 aromatic heterocycles. The van der Waals surface area contributed by atoms with Crippen molar-refractivity contribution in [3.8, 4) is 0 Å². The van der Waals surface area contributed by atoms with Crippen molar-refractivity contribution in [3.63, 3.8) is 0 Å². The van der Waals surface area contributed by atoms with E-state index in [1.54, 1.807) is 0 Å². The van der Waals surface area contributed by atoms with Gasteiger partial charge in [0.25, 0.3) is 0 Å². The highest BCUT2D eigenvalue weighted by atomic mass is 79.9. The van der Waals surface area contributed by atoms with Crippen molar-refractivity contribution in [1.29, 1.82) is 0 Å². The number of hydrogen-bond acceptors (Lipinski definition) is 2. The predicted octanol–water partition coefficient (Wildman–Crippen LogP) is 3.16. The van der Waals surface area contributed by atoms with Crippen molar-refractivity contribution >= 4 is 27.5 Å². The Kier molecular flexibility index (Phi) is 4.15. The Hall–Kier alpha value is -1.08. The van der Waals surface area contributed by atoms with E-state index < -0.39 is 23.7 Å². The molecule has 104 valence electrons. The molecule has 1 saturated heterocycles. The van der Waals surface area contributed by atoms with E-state index in [0.29, 0.717) is 17.4 Å². The summed E-state index contributed by atoms with van der Waals surface area (Å²) >= 11 is 3.00. The Labute approximate surface area is 116 Å². The van der Waals surface area contributed by atoms with Gasteiger partial charge in [0, 0.05) is 4.47 Å². The van der Waals surface area contributed by atoms with Crippen molar-refractivity contribution in [1.82, 2.24) is 5.32 Å². The van der Waals surface area contributed by atoms with Crippen LogP contribution < -0.4 is 10.6 Å². The van der Waals surface area contributed by atoms with Gasteiger partial charge in [0.2, 0.25) is 5.91 Å². The fourth-order valence-corrected chi connectivity index (χ4v) is 2.35. The third-order valence-corrected chi connectivity index (χ3v) is 3.41. The van der Waals surface area contributed by atoms with Gasteiger partial charge in [0.15, 0.2) is 0 Å². The second kappa shape index (κ2) is 5.50. The van der Waals surface area contributed by atoms with Crippen molar-refractivity contribution in [2.75, 3.05) is 11.9 Å². The van der Waals surface area contributed by atoms with Gasteiger partial charge in [-0.1, -0.05) is 15.9 Å². The van der Waals surface area contributed by atoms with Crippen LogP contribution in [-0.4, -0.2) is 18.5 Å². The molecule has 0 aliphatic carbocycles. The number of nitrogens with one attached hydrogen (secondary N) is 2. The summed E-state index contributed by atoms with van der Waals surface area (Å²) in [6.45, 7) is 0.713. The Balaban J connectivity index is 2.22. The summed E-state index contributed by atoms with van der Waals surface area (Å²) in [7, 11) is 0. The summed E-state index contributed by atoms with van der Waals surface area (Å²) in [5.41, 5.74) is -1.07. The lowest BCUT2D eigenvalue weighted by Crippen LogP contribution is -2.36. The lowest BCUT2D eigenvalue weighted by molar-refractivity contribution is -0.137. The second-order valence-electron chi connectivity index (χ2n) is 4.33. The summed E-state index contributed by atoms with van der Waals surface area (Å²) in [5.74, 6) is -0.426.